The van der Waals surface area contributed by atoms with Gasteiger partial charge in [0.1, 0.15) is 53.0 Å². The Hall–Kier alpha value is -2.83. The van der Waals surface area contributed by atoms with Crippen molar-refractivity contribution in [3.8, 4) is 5.75 Å². The number of hydrogen-bond acceptors (Lipinski definition) is 13. The van der Waals surface area contributed by atoms with E-state index in [0.29, 0.717) is 12.0 Å². The number of epoxide rings is 1. The topological polar surface area (TPSA) is 220 Å². The average Bonchev–Trinajstić information content (AvgIpc) is 3.75. The van der Waals surface area contributed by atoms with Crippen LogP contribution in [0.5, 0.6) is 5.75 Å². The van der Waals surface area contributed by atoms with E-state index in [9.17, 15) is 40.2 Å². The Morgan fingerprint density at radius 3 is 2.49 bits per heavy atom. The zero-order valence-corrected chi connectivity index (χ0v) is 28.6. The molecule has 12 atom stereocenters. The van der Waals surface area contributed by atoms with Gasteiger partial charge in [0.15, 0.2) is 12.0 Å². The number of rotatable bonds is 4. The summed E-state index contributed by atoms with van der Waals surface area (Å²) in [5.41, 5.74) is -1.72. The first kappa shape index (κ1) is 37.4. The van der Waals surface area contributed by atoms with Crippen molar-refractivity contribution in [2.45, 2.75) is 106 Å². The van der Waals surface area contributed by atoms with Gasteiger partial charge >= 0.3 is 6.09 Å². The minimum Gasteiger partial charge on any atom is -0.495 e. The third kappa shape index (κ3) is 7.19. The van der Waals surface area contributed by atoms with Crippen molar-refractivity contribution in [3.63, 3.8) is 0 Å². The highest BCUT2D eigenvalue weighted by molar-refractivity contribution is 6.35. The highest BCUT2D eigenvalue weighted by Gasteiger charge is 2.63. The third-order valence-corrected chi connectivity index (χ3v) is 10.3. The molecule has 1 aromatic rings. The van der Waals surface area contributed by atoms with Crippen LogP contribution in [-0.2, 0) is 30.2 Å². The first-order valence-corrected chi connectivity index (χ1v) is 16.4. The lowest BCUT2D eigenvalue weighted by Gasteiger charge is -2.45. The lowest BCUT2D eigenvalue weighted by atomic mass is 9.83. The van der Waals surface area contributed by atoms with Crippen molar-refractivity contribution in [2.24, 2.45) is 5.92 Å². The van der Waals surface area contributed by atoms with Crippen molar-refractivity contribution in [2.75, 3.05) is 25.7 Å². The van der Waals surface area contributed by atoms with Gasteiger partial charge in [-0.3, -0.25) is 15.0 Å². The van der Waals surface area contributed by atoms with Crippen molar-refractivity contribution in [1.29, 1.82) is 0 Å². The Kier molecular flexibility index (Phi) is 11.0. The Balaban J connectivity index is 1.62. The minimum atomic E-state index is -1.86. The van der Waals surface area contributed by atoms with E-state index >= 15 is 0 Å². The molecule has 0 radical (unpaired) electrons. The maximum absolute atomic E-state index is 14.3. The second kappa shape index (κ2) is 14.4. The fourth-order valence-corrected chi connectivity index (χ4v) is 7.21. The van der Waals surface area contributed by atoms with Crippen LogP contribution >= 0.6 is 11.6 Å². The molecule has 16 heteroatoms. The van der Waals surface area contributed by atoms with Gasteiger partial charge in [-0.25, -0.2) is 4.79 Å². The number of nitrogens with one attached hydrogen (secondary N) is 1. The van der Waals surface area contributed by atoms with Crippen LogP contribution in [0.1, 0.15) is 39.2 Å². The Morgan fingerprint density at radius 2 is 1.84 bits per heavy atom. The number of halogens is 1. The zero-order valence-electron chi connectivity index (χ0n) is 27.9. The molecule has 3 saturated heterocycles. The molecule has 272 valence electrons. The van der Waals surface area contributed by atoms with Crippen LogP contribution in [0.15, 0.2) is 35.9 Å². The Morgan fingerprint density at radius 1 is 1.12 bits per heavy atom. The van der Waals surface area contributed by atoms with Crippen LogP contribution in [0.3, 0.4) is 0 Å². The van der Waals surface area contributed by atoms with Gasteiger partial charge in [0, 0.05) is 19.4 Å². The van der Waals surface area contributed by atoms with E-state index in [4.69, 9.17) is 35.3 Å². The fraction of sp³-hybridized carbons (Fsp3) is 0.636. The van der Waals surface area contributed by atoms with E-state index in [1.54, 1.807) is 44.2 Å². The summed E-state index contributed by atoms with van der Waals surface area (Å²) in [5, 5.41) is 67.6. The summed E-state index contributed by atoms with van der Waals surface area (Å²) < 4.78 is 28.4. The van der Waals surface area contributed by atoms with Crippen molar-refractivity contribution < 1.29 is 63.9 Å². The summed E-state index contributed by atoms with van der Waals surface area (Å²) in [7, 11) is 2.78. The molecule has 0 spiro atoms. The van der Waals surface area contributed by atoms with E-state index in [0.717, 1.165) is 10.5 Å². The number of carbonyl (C=O) groups excluding carboxylic acids is 2. The summed E-state index contributed by atoms with van der Waals surface area (Å²) in [4.78, 5) is 27.9. The highest BCUT2D eigenvalue weighted by Crippen LogP contribution is 2.48. The summed E-state index contributed by atoms with van der Waals surface area (Å²) in [6.07, 6.45) is -8.59. The van der Waals surface area contributed by atoms with E-state index in [-0.39, 0.29) is 22.9 Å². The second-order valence-corrected chi connectivity index (χ2v) is 13.7. The summed E-state index contributed by atoms with van der Waals surface area (Å²) in [6.45, 7) is 4.42. The SMILES string of the molecule is COc1cc2cc(c1Cl)N([C@H]1O[C@H](CO)C(O)C(O)C1O)C(=O)C[C@H](O)[C@]1(C)O[C@H]1[C@H](C)[C@@H]1C[C@@](O)(NC(=O)O1)C(OC)/C=C/C=C(\C)C2. The molecule has 7 N–H and O–H groups in total. The number of methoxy groups -OCH3 is 2. The van der Waals surface area contributed by atoms with Gasteiger partial charge < -0.3 is 54.3 Å². The molecule has 0 aliphatic carbocycles. The first-order chi connectivity index (χ1) is 23.1. The minimum absolute atomic E-state index is 0.0130. The molecule has 1 aromatic carbocycles. The normalized spacial score (nSPS) is 41.9. The molecule has 5 rings (SSSR count). The van der Waals surface area contributed by atoms with Crippen molar-refractivity contribution in [3.05, 3.63) is 46.5 Å². The Labute approximate surface area is 288 Å². The lowest BCUT2D eigenvalue weighted by molar-refractivity contribution is -0.228. The Bertz CT molecular complexity index is 1470. The van der Waals surface area contributed by atoms with E-state index in [1.165, 1.54) is 14.2 Å². The molecule has 4 aliphatic heterocycles. The van der Waals surface area contributed by atoms with Crippen LogP contribution in [-0.4, -0.2) is 130 Å². The number of ether oxygens (including phenoxy) is 5. The van der Waals surface area contributed by atoms with Crippen LogP contribution in [0.2, 0.25) is 5.02 Å². The molecular weight excluding hydrogens is 668 g/mol. The molecule has 4 unspecified atom stereocenters. The van der Waals surface area contributed by atoms with Gasteiger partial charge in [-0.15, -0.1) is 0 Å². The fourth-order valence-electron chi connectivity index (χ4n) is 6.93. The molecule has 0 aromatic heterocycles. The van der Waals surface area contributed by atoms with Crippen molar-refractivity contribution >= 4 is 29.3 Å². The lowest BCUT2D eigenvalue weighted by Crippen LogP contribution is -2.64. The maximum Gasteiger partial charge on any atom is 0.409 e. The highest BCUT2D eigenvalue weighted by atomic mass is 35.5. The number of anilines is 1. The van der Waals surface area contributed by atoms with Crippen LogP contribution < -0.4 is 15.0 Å². The van der Waals surface area contributed by atoms with E-state index in [2.05, 4.69) is 5.32 Å². The molecule has 2 amide bonds. The number of allylic oxidation sites excluding steroid dienone is 3. The molecule has 3 fully saturated rings. The number of carbonyl (C=O) groups is 2. The number of nitrogens with zero attached hydrogens (tertiary/aromatic N) is 1. The molecule has 4 bridgehead atoms. The standard InChI is InChI=1S/C33H45ClN2O13/c1-15-7-6-8-23(46-5)33(44)13-20(48-31(43)35-33)16(2)29-32(3,49-29)22(38)12-24(39)36(18-10-17(9-15)11-19(45-4)25(18)34)30-28(42)27(41)26(40)21(14-37)47-30/h6-8,10-11,16,20-23,26-30,37-38,40-42,44H,9,12-14H2,1-5H3,(H,35,43)/b8-6+,15-7+/t16-,20+,21-,22+,23?,26?,27?,28?,29+,30+,32+,33+/m1/s1. The van der Waals surface area contributed by atoms with E-state index in [1.807, 2.05) is 6.92 Å². The number of aliphatic hydroxyl groups excluding tert-OH is 5. The summed E-state index contributed by atoms with van der Waals surface area (Å²) in [5.74, 6) is -1.20. The smallest absolute Gasteiger partial charge is 0.409 e. The van der Waals surface area contributed by atoms with Crippen LogP contribution in [0, 0.1) is 5.92 Å². The van der Waals surface area contributed by atoms with Crippen LogP contribution in [0.25, 0.3) is 0 Å². The quantitative estimate of drug-likeness (QED) is 0.209. The molecular formula is C33H45ClN2O13. The molecule has 4 aliphatic rings. The largest absolute Gasteiger partial charge is 0.495 e. The summed E-state index contributed by atoms with van der Waals surface area (Å²) >= 11 is 6.78. The number of hydrogen-bond donors (Lipinski definition) is 7. The van der Waals surface area contributed by atoms with Gasteiger partial charge in [0.05, 0.1) is 38.0 Å². The molecule has 49 heavy (non-hydrogen) atoms. The predicted octanol–water partition coefficient (Wildman–Crippen LogP) is 0.287. The molecule has 4 heterocycles. The van der Waals surface area contributed by atoms with Gasteiger partial charge in [0.25, 0.3) is 0 Å². The average molecular weight is 713 g/mol. The number of benzene rings is 1. The molecule has 0 saturated carbocycles. The second-order valence-electron chi connectivity index (χ2n) is 13.3. The zero-order chi connectivity index (χ0) is 36.0. The predicted molar refractivity (Wildman–Crippen MR) is 173 cm³/mol. The van der Waals surface area contributed by atoms with Gasteiger partial charge in [-0.05, 0) is 38.0 Å². The monoisotopic (exact) mass is 712 g/mol. The number of amides is 2. The van der Waals surface area contributed by atoms with Gasteiger partial charge in [-0.2, -0.15) is 0 Å². The number of aliphatic hydroxyl groups is 6. The van der Waals surface area contributed by atoms with Gasteiger partial charge in [0.2, 0.25) is 5.91 Å². The maximum atomic E-state index is 14.3. The van der Waals surface area contributed by atoms with Crippen LogP contribution in [0.4, 0.5) is 10.5 Å². The summed E-state index contributed by atoms with van der Waals surface area (Å²) in [6, 6.07) is 3.23. The van der Waals surface area contributed by atoms with E-state index < -0.39 is 97.3 Å². The number of alkyl carbamates (subject to hydrolysis) is 1. The van der Waals surface area contributed by atoms with Gasteiger partial charge in [-0.1, -0.05) is 42.3 Å². The third-order valence-electron chi connectivity index (χ3n) is 9.90. The van der Waals surface area contributed by atoms with Crippen molar-refractivity contribution in [1.82, 2.24) is 5.32 Å². The molecule has 15 nitrogen and oxygen atoms in total. The first-order valence-electron chi connectivity index (χ1n) is 16.0. The number of fused-ring (bicyclic) bond motifs is 5.